The Morgan fingerprint density at radius 3 is 2.64 bits per heavy atom. The normalized spacial score (nSPS) is 14.4. The lowest BCUT2D eigenvalue weighted by atomic mass is 9.83. The highest BCUT2D eigenvalue weighted by Crippen LogP contribution is 2.26. The Morgan fingerprint density at radius 2 is 2.21 bits per heavy atom. The van der Waals surface area contributed by atoms with Gasteiger partial charge >= 0.3 is 0 Å². The third kappa shape index (κ3) is 3.46. The van der Waals surface area contributed by atoms with Crippen molar-refractivity contribution in [1.29, 1.82) is 0 Å². The second kappa shape index (κ2) is 4.09. The van der Waals surface area contributed by atoms with Crippen molar-refractivity contribution in [3.63, 3.8) is 0 Å². The third-order valence-corrected chi connectivity index (χ3v) is 2.16. The van der Waals surface area contributed by atoms with Crippen molar-refractivity contribution < 1.29 is 5.11 Å². The van der Waals surface area contributed by atoms with Crippen LogP contribution >= 0.6 is 0 Å². The van der Waals surface area contributed by atoms with Gasteiger partial charge in [-0.25, -0.2) is 0 Å². The van der Waals surface area contributed by atoms with Gasteiger partial charge < -0.3 is 5.11 Å². The summed E-state index contributed by atoms with van der Waals surface area (Å²) in [5.74, 6) is 0. The lowest BCUT2D eigenvalue weighted by Crippen LogP contribution is -2.21. The van der Waals surface area contributed by atoms with Crippen LogP contribution in [-0.2, 0) is 13.5 Å². The van der Waals surface area contributed by atoms with Crippen molar-refractivity contribution in [2.24, 2.45) is 12.5 Å². The summed E-state index contributed by atoms with van der Waals surface area (Å²) in [6.07, 6.45) is 3.29. The van der Waals surface area contributed by atoms with Crippen molar-refractivity contribution in [2.45, 2.75) is 39.7 Å². The monoisotopic (exact) mass is 197 g/mol. The molecular formula is C10H19N3O. The summed E-state index contributed by atoms with van der Waals surface area (Å²) < 4.78 is 1.70. The highest BCUT2D eigenvalue weighted by molar-refractivity contribution is 4.96. The molecule has 1 heterocycles. The summed E-state index contributed by atoms with van der Waals surface area (Å²) in [4.78, 5) is 0. The van der Waals surface area contributed by atoms with E-state index in [-0.39, 0.29) is 11.5 Å². The summed E-state index contributed by atoms with van der Waals surface area (Å²) in [6.45, 7) is 6.08. The average molecular weight is 197 g/mol. The number of aliphatic hydroxyl groups is 1. The molecule has 1 aromatic rings. The predicted molar refractivity (Wildman–Crippen MR) is 54.8 cm³/mol. The molecule has 0 aliphatic heterocycles. The van der Waals surface area contributed by atoms with Crippen molar-refractivity contribution in [2.75, 3.05) is 0 Å². The SMILES string of the molecule is CC(O)CC(C)(C)Cc1cn(C)nn1. The van der Waals surface area contributed by atoms with Crippen molar-refractivity contribution in [1.82, 2.24) is 15.0 Å². The standard InChI is InChI=1S/C10H19N3O/c1-8(14)5-10(2,3)6-9-7-13(4)12-11-9/h7-8,14H,5-6H2,1-4H3. The molecule has 0 saturated heterocycles. The van der Waals surface area contributed by atoms with Gasteiger partial charge in [-0.15, -0.1) is 5.10 Å². The Morgan fingerprint density at radius 1 is 1.57 bits per heavy atom. The fourth-order valence-electron chi connectivity index (χ4n) is 1.84. The highest BCUT2D eigenvalue weighted by atomic mass is 16.3. The van der Waals surface area contributed by atoms with Gasteiger partial charge in [-0.05, 0) is 25.2 Å². The van der Waals surface area contributed by atoms with Gasteiger partial charge in [0, 0.05) is 13.2 Å². The zero-order chi connectivity index (χ0) is 10.8. The maximum atomic E-state index is 9.33. The van der Waals surface area contributed by atoms with E-state index in [9.17, 15) is 5.11 Å². The molecule has 0 saturated carbocycles. The molecule has 4 heteroatoms. The first-order chi connectivity index (χ1) is 6.39. The molecule has 0 spiro atoms. The maximum Gasteiger partial charge on any atom is 0.0832 e. The minimum absolute atomic E-state index is 0.0736. The molecule has 80 valence electrons. The molecule has 0 radical (unpaired) electrons. The smallest absolute Gasteiger partial charge is 0.0832 e. The average Bonchev–Trinajstić information content (AvgIpc) is 2.30. The van der Waals surface area contributed by atoms with E-state index >= 15 is 0 Å². The van der Waals surface area contributed by atoms with Crippen LogP contribution in [0, 0.1) is 5.41 Å². The van der Waals surface area contributed by atoms with Crippen LogP contribution in [-0.4, -0.2) is 26.2 Å². The zero-order valence-electron chi connectivity index (χ0n) is 9.36. The van der Waals surface area contributed by atoms with Crippen LogP contribution in [0.2, 0.25) is 0 Å². The molecular weight excluding hydrogens is 178 g/mol. The fourth-order valence-corrected chi connectivity index (χ4v) is 1.84. The quantitative estimate of drug-likeness (QED) is 0.788. The Bertz CT molecular complexity index is 291. The van der Waals surface area contributed by atoms with Gasteiger partial charge in [0.05, 0.1) is 11.8 Å². The molecule has 1 aromatic heterocycles. The Kier molecular flexibility index (Phi) is 3.26. The van der Waals surface area contributed by atoms with E-state index in [1.165, 1.54) is 0 Å². The number of aliphatic hydroxyl groups excluding tert-OH is 1. The van der Waals surface area contributed by atoms with Gasteiger partial charge in [0.15, 0.2) is 0 Å². The molecule has 0 amide bonds. The van der Waals surface area contributed by atoms with E-state index in [0.717, 1.165) is 18.5 Å². The molecule has 1 rings (SSSR count). The van der Waals surface area contributed by atoms with E-state index in [1.807, 2.05) is 20.2 Å². The van der Waals surface area contributed by atoms with Crippen LogP contribution < -0.4 is 0 Å². The number of rotatable bonds is 4. The number of hydrogen-bond acceptors (Lipinski definition) is 3. The minimum Gasteiger partial charge on any atom is -0.393 e. The molecule has 0 aromatic carbocycles. The van der Waals surface area contributed by atoms with Crippen molar-refractivity contribution in [3.8, 4) is 0 Å². The lowest BCUT2D eigenvalue weighted by Gasteiger charge is -2.24. The first-order valence-electron chi connectivity index (χ1n) is 4.92. The Hall–Kier alpha value is -0.900. The van der Waals surface area contributed by atoms with Crippen molar-refractivity contribution in [3.05, 3.63) is 11.9 Å². The highest BCUT2D eigenvalue weighted by Gasteiger charge is 2.22. The summed E-state index contributed by atoms with van der Waals surface area (Å²) in [6, 6.07) is 0. The summed E-state index contributed by atoms with van der Waals surface area (Å²) in [7, 11) is 1.86. The molecule has 0 aliphatic carbocycles. The molecule has 1 unspecified atom stereocenters. The van der Waals surface area contributed by atoms with Gasteiger partial charge in [-0.1, -0.05) is 19.1 Å². The largest absolute Gasteiger partial charge is 0.393 e. The van der Waals surface area contributed by atoms with Gasteiger partial charge in [-0.2, -0.15) is 0 Å². The number of aryl methyl sites for hydroxylation is 1. The van der Waals surface area contributed by atoms with Gasteiger partial charge in [0.1, 0.15) is 0 Å². The van der Waals surface area contributed by atoms with E-state index in [1.54, 1.807) is 4.68 Å². The van der Waals surface area contributed by atoms with Crippen LogP contribution in [0.1, 0.15) is 32.9 Å². The van der Waals surface area contributed by atoms with Crippen LogP contribution in [0.5, 0.6) is 0 Å². The molecule has 0 fully saturated rings. The van der Waals surface area contributed by atoms with E-state index in [4.69, 9.17) is 0 Å². The first-order valence-corrected chi connectivity index (χ1v) is 4.92. The molecule has 0 aliphatic rings. The Balaban J connectivity index is 2.58. The van der Waals surface area contributed by atoms with Gasteiger partial charge in [0.25, 0.3) is 0 Å². The fraction of sp³-hybridized carbons (Fsp3) is 0.800. The van der Waals surface area contributed by atoms with E-state index in [0.29, 0.717) is 0 Å². The number of aromatic nitrogens is 3. The molecule has 1 N–H and O–H groups in total. The van der Waals surface area contributed by atoms with Crippen LogP contribution in [0.15, 0.2) is 6.20 Å². The van der Waals surface area contributed by atoms with Crippen LogP contribution in [0.3, 0.4) is 0 Å². The number of hydrogen-bond donors (Lipinski definition) is 1. The zero-order valence-corrected chi connectivity index (χ0v) is 9.36. The number of nitrogens with zero attached hydrogens (tertiary/aromatic N) is 3. The Labute approximate surface area is 84.9 Å². The molecule has 4 nitrogen and oxygen atoms in total. The molecule has 0 bridgehead atoms. The first kappa shape index (κ1) is 11.2. The van der Waals surface area contributed by atoms with E-state index < -0.39 is 0 Å². The second-order valence-corrected chi connectivity index (χ2v) is 4.78. The van der Waals surface area contributed by atoms with Gasteiger partial charge in [-0.3, -0.25) is 4.68 Å². The minimum atomic E-state index is -0.262. The summed E-state index contributed by atoms with van der Waals surface area (Å²) in [5.41, 5.74) is 1.06. The second-order valence-electron chi connectivity index (χ2n) is 4.78. The predicted octanol–water partition coefficient (Wildman–Crippen LogP) is 1.15. The van der Waals surface area contributed by atoms with Gasteiger partial charge in [0.2, 0.25) is 0 Å². The lowest BCUT2D eigenvalue weighted by molar-refractivity contribution is 0.129. The molecule has 1 atom stereocenters. The molecule has 14 heavy (non-hydrogen) atoms. The maximum absolute atomic E-state index is 9.33. The summed E-state index contributed by atoms with van der Waals surface area (Å²) in [5, 5.41) is 17.3. The third-order valence-electron chi connectivity index (χ3n) is 2.16. The van der Waals surface area contributed by atoms with Crippen LogP contribution in [0.4, 0.5) is 0 Å². The van der Waals surface area contributed by atoms with E-state index in [2.05, 4.69) is 24.2 Å². The summed E-state index contributed by atoms with van der Waals surface area (Å²) >= 11 is 0. The van der Waals surface area contributed by atoms with Crippen LogP contribution in [0.25, 0.3) is 0 Å². The van der Waals surface area contributed by atoms with Crippen molar-refractivity contribution >= 4 is 0 Å². The topological polar surface area (TPSA) is 50.9 Å².